The van der Waals surface area contributed by atoms with E-state index >= 15 is 0 Å². The highest BCUT2D eigenvalue weighted by Gasteiger charge is 1.67. The summed E-state index contributed by atoms with van der Waals surface area (Å²) in [7, 11) is 0. The largest absolute Gasteiger partial charge is 0.368 e. The van der Waals surface area contributed by atoms with Crippen LogP contribution in [0.1, 0.15) is 7.43 Å². The lowest BCUT2D eigenvalue weighted by Crippen LogP contribution is -1.87. The van der Waals surface area contributed by atoms with Crippen molar-refractivity contribution in [3.8, 4) is 0 Å². The number of hydrogen-bond acceptors (Lipinski definition) is 1. The molecule has 0 unspecified atom stereocenters. The van der Waals surface area contributed by atoms with E-state index in [0.717, 1.165) is 0 Å². The lowest BCUT2D eigenvalue weighted by atomic mass is 10.5. The summed E-state index contributed by atoms with van der Waals surface area (Å²) >= 11 is 0. The molecular weight excluding hydrogens is 130 g/mol. The monoisotopic (exact) mass is 143 g/mol. The van der Waals surface area contributed by atoms with Crippen molar-refractivity contribution in [1.82, 2.24) is 5.32 Å². The van der Waals surface area contributed by atoms with Gasteiger partial charge in [-0.25, -0.2) is 0 Å². The van der Waals surface area contributed by atoms with Gasteiger partial charge in [0.15, 0.2) is 0 Å². The van der Waals surface area contributed by atoms with Crippen LogP contribution >= 0.6 is 13.5 Å². The molecule has 0 aromatic heterocycles. The Morgan fingerprint density at radius 2 is 1.22 bits per heavy atom. The summed E-state index contributed by atoms with van der Waals surface area (Å²) in [5, 5.41) is 2.92. The summed E-state index contributed by atoms with van der Waals surface area (Å²) in [5.41, 5.74) is 0. The van der Waals surface area contributed by atoms with Crippen molar-refractivity contribution in [3.05, 3.63) is 36.7 Å². The minimum absolute atomic E-state index is 0. The van der Waals surface area contributed by atoms with Gasteiger partial charge in [0.05, 0.1) is 0 Å². The Morgan fingerprint density at radius 3 is 1.67 bits per heavy atom. The first kappa shape index (κ1) is 11.2. The maximum atomic E-state index is 2.92. The Bertz CT molecular complexity index is 111. The fourth-order valence-electron chi connectivity index (χ4n) is 0.406. The van der Waals surface area contributed by atoms with Gasteiger partial charge in [0.2, 0.25) is 0 Å². The van der Waals surface area contributed by atoms with Crippen LogP contribution in [-0.4, -0.2) is 0 Å². The molecular formula is C7H13NS. The van der Waals surface area contributed by atoms with Crippen molar-refractivity contribution in [1.29, 1.82) is 0 Å². The quantitative estimate of drug-likeness (QED) is 0.546. The molecule has 1 heterocycles. The fourth-order valence-corrected chi connectivity index (χ4v) is 0.406. The lowest BCUT2D eigenvalue weighted by Gasteiger charge is -1.79. The Kier molecular flexibility index (Phi) is 9.18. The molecule has 0 saturated heterocycles. The van der Waals surface area contributed by atoms with E-state index in [2.05, 4.69) is 5.32 Å². The van der Waals surface area contributed by atoms with Crippen molar-refractivity contribution in [2.75, 3.05) is 0 Å². The topological polar surface area (TPSA) is 12.0 Å². The predicted octanol–water partition coefficient (Wildman–Crippen LogP) is 1.92. The molecule has 0 aromatic rings. The van der Waals surface area contributed by atoms with Crippen molar-refractivity contribution in [2.24, 2.45) is 0 Å². The van der Waals surface area contributed by atoms with Crippen molar-refractivity contribution in [3.63, 3.8) is 0 Å². The second-order valence-electron chi connectivity index (χ2n) is 1.27. The highest BCUT2D eigenvalue weighted by atomic mass is 32.1. The normalized spacial score (nSPS) is 12.4. The highest BCUT2D eigenvalue weighted by Crippen LogP contribution is 1.81. The molecule has 1 rings (SSSR count). The van der Waals surface area contributed by atoms with Crippen LogP contribution in [-0.2, 0) is 0 Å². The van der Waals surface area contributed by atoms with Gasteiger partial charge in [-0.3, -0.25) is 0 Å². The average molecular weight is 143 g/mol. The third-order valence-electron chi connectivity index (χ3n) is 0.718. The van der Waals surface area contributed by atoms with Crippen LogP contribution in [0.4, 0.5) is 0 Å². The maximum absolute atomic E-state index is 2.92. The van der Waals surface area contributed by atoms with Crippen molar-refractivity contribution in [2.45, 2.75) is 7.43 Å². The summed E-state index contributed by atoms with van der Waals surface area (Å²) in [6.45, 7) is 0. The minimum atomic E-state index is 0. The van der Waals surface area contributed by atoms with Crippen molar-refractivity contribution < 1.29 is 0 Å². The minimum Gasteiger partial charge on any atom is -0.368 e. The molecule has 0 amide bonds. The van der Waals surface area contributed by atoms with Gasteiger partial charge in [-0.1, -0.05) is 19.6 Å². The van der Waals surface area contributed by atoms with E-state index in [-0.39, 0.29) is 20.9 Å². The summed E-state index contributed by atoms with van der Waals surface area (Å²) < 4.78 is 0. The van der Waals surface area contributed by atoms with Gasteiger partial charge in [0, 0.05) is 12.4 Å². The molecule has 2 heteroatoms. The molecule has 1 N–H and O–H groups in total. The number of allylic oxidation sites excluding steroid dienone is 4. The predicted molar refractivity (Wildman–Crippen MR) is 47.7 cm³/mol. The molecule has 1 aliphatic rings. The molecule has 0 saturated carbocycles. The second kappa shape index (κ2) is 7.37. The third-order valence-corrected chi connectivity index (χ3v) is 0.718. The van der Waals surface area contributed by atoms with E-state index in [0.29, 0.717) is 0 Å². The summed E-state index contributed by atoms with van der Waals surface area (Å²) in [5.74, 6) is 0. The number of hydrogen-bond donors (Lipinski definition) is 1. The molecule has 0 radical (unpaired) electrons. The fraction of sp³-hybridized carbons (Fsp3) is 0.143. The summed E-state index contributed by atoms with van der Waals surface area (Å²) in [6, 6.07) is 0. The van der Waals surface area contributed by atoms with Crippen LogP contribution in [0.2, 0.25) is 0 Å². The van der Waals surface area contributed by atoms with Gasteiger partial charge < -0.3 is 5.32 Å². The zero-order valence-electron chi connectivity index (χ0n) is 4.46. The smallest absolute Gasteiger partial charge is 0.000442 e. The van der Waals surface area contributed by atoms with Crippen LogP contribution < -0.4 is 5.32 Å². The summed E-state index contributed by atoms with van der Waals surface area (Å²) in [4.78, 5) is 0. The van der Waals surface area contributed by atoms with Gasteiger partial charge in [-0.05, 0) is 12.2 Å². The van der Waals surface area contributed by atoms with E-state index in [1.807, 2.05) is 36.7 Å². The van der Waals surface area contributed by atoms with E-state index in [1.165, 1.54) is 0 Å². The van der Waals surface area contributed by atoms with E-state index in [9.17, 15) is 0 Å². The Hall–Kier alpha value is -0.630. The van der Waals surface area contributed by atoms with Gasteiger partial charge in [-0.2, -0.15) is 13.5 Å². The van der Waals surface area contributed by atoms with Gasteiger partial charge >= 0.3 is 0 Å². The van der Waals surface area contributed by atoms with Gasteiger partial charge in [0.1, 0.15) is 0 Å². The highest BCUT2D eigenvalue weighted by molar-refractivity contribution is 7.59. The molecule has 0 aliphatic carbocycles. The molecule has 0 fully saturated rings. The van der Waals surface area contributed by atoms with E-state index in [1.54, 1.807) is 0 Å². The van der Waals surface area contributed by atoms with Crippen LogP contribution in [0.3, 0.4) is 0 Å². The molecule has 0 spiro atoms. The zero-order valence-corrected chi connectivity index (χ0v) is 5.46. The van der Waals surface area contributed by atoms with Crippen LogP contribution in [0.25, 0.3) is 0 Å². The molecule has 0 atom stereocenters. The molecule has 1 nitrogen and oxygen atoms in total. The lowest BCUT2D eigenvalue weighted by molar-refractivity contribution is 1.20. The van der Waals surface area contributed by atoms with E-state index in [4.69, 9.17) is 0 Å². The number of rotatable bonds is 0. The van der Waals surface area contributed by atoms with E-state index < -0.39 is 0 Å². The number of nitrogens with one attached hydrogen (secondary N) is 1. The second-order valence-corrected chi connectivity index (χ2v) is 1.27. The Morgan fingerprint density at radius 1 is 0.778 bits per heavy atom. The molecule has 1 aliphatic heterocycles. The molecule has 0 bridgehead atoms. The zero-order chi connectivity index (χ0) is 4.95. The van der Waals surface area contributed by atoms with Crippen LogP contribution in [0.15, 0.2) is 36.7 Å². The van der Waals surface area contributed by atoms with Crippen LogP contribution in [0, 0.1) is 0 Å². The SMILES string of the molecule is C.C1=CC=CNC=C1.S. The molecule has 9 heavy (non-hydrogen) atoms. The Balaban J connectivity index is 0. The molecule has 0 aromatic carbocycles. The first-order valence-electron chi connectivity index (χ1n) is 2.24. The first-order valence-corrected chi connectivity index (χ1v) is 2.24. The summed E-state index contributed by atoms with van der Waals surface area (Å²) in [6.07, 6.45) is 11.6. The van der Waals surface area contributed by atoms with Crippen LogP contribution in [0.5, 0.6) is 0 Å². The molecule has 52 valence electrons. The maximum Gasteiger partial charge on any atom is 0.000442 e. The van der Waals surface area contributed by atoms with Gasteiger partial charge in [0.25, 0.3) is 0 Å². The standard InChI is InChI=1S/C6H7N.CH4.H2S/c1-2-4-6-7-5-3-1;;/h1-7H;1H4;1H2. The Labute approximate surface area is 63.6 Å². The van der Waals surface area contributed by atoms with Gasteiger partial charge in [-0.15, -0.1) is 0 Å². The average Bonchev–Trinajstić information content (AvgIpc) is 1.90. The first-order chi connectivity index (χ1) is 3.50. The third kappa shape index (κ3) is 5.24. The van der Waals surface area contributed by atoms with Crippen molar-refractivity contribution >= 4 is 13.5 Å².